The van der Waals surface area contributed by atoms with Crippen LogP contribution < -0.4 is 10.4 Å². The van der Waals surface area contributed by atoms with Crippen LogP contribution in [0.15, 0.2) is 85.6 Å². The molecule has 0 bridgehead atoms. The zero-order valence-electron chi connectivity index (χ0n) is 15.3. The van der Waals surface area contributed by atoms with Gasteiger partial charge in [-0.1, -0.05) is 12.1 Å². The van der Waals surface area contributed by atoms with Gasteiger partial charge in [0.05, 0.1) is 29.0 Å². The summed E-state index contributed by atoms with van der Waals surface area (Å²) in [6.07, 6.45) is 13.4. The van der Waals surface area contributed by atoms with Crippen molar-refractivity contribution < 1.29 is 0 Å². The van der Waals surface area contributed by atoms with E-state index in [4.69, 9.17) is 0 Å². The van der Waals surface area contributed by atoms with Crippen molar-refractivity contribution in [2.75, 3.05) is 5.01 Å². The summed E-state index contributed by atoms with van der Waals surface area (Å²) in [5.41, 5.74) is 8.41. The molecule has 1 aliphatic rings. The molecule has 0 fully saturated rings. The quantitative estimate of drug-likeness (QED) is 0.594. The Morgan fingerprint density at radius 3 is 2.89 bits per heavy atom. The summed E-state index contributed by atoms with van der Waals surface area (Å²) in [4.78, 5) is 8.50. The Balaban J connectivity index is 1.54. The fourth-order valence-electron chi connectivity index (χ4n) is 3.39. The van der Waals surface area contributed by atoms with Crippen molar-refractivity contribution in [2.24, 2.45) is 0 Å². The molecule has 0 atom stereocenters. The molecule has 3 aromatic heterocycles. The van der Waals surface area contributed by atoms with Gasteiger partial charge >= 0.3 is 0 Å². The van der Waals surface area contributed by atoms with Gasteiger partial charge < -0.3 is 0 Å². The van der Waals surface area contributed by atoms with E-state index in [-0.39, 0.29) is 0 Å². The molecule has 0 spiro atoms. The van der Waals surface area contributed by atoms with Crippen molar-refractivity contribution >= 4 is 22.2 Å². The Morgan fingerprint density at radius 2 is 1.96 bits per heavy atom. The molecule has 4 aromatic rings. The van der Waals surface area contributed by atoms with E-state index < -0.39 is 0 Å². The van der Waals surface area contributed by atoms with E-state index in [0.717, 1.165) is 39.2 Å². The second-order valence-electron chi connectivity index (χ2n) is 6.56. The molecule has 0 saturated carbocycles. The van der Waals surface area contributed by atoms with Crippen molar-refractivity contribution in [3.63, 3.8) is 0 Å². The number of pyridine rings is 2. The Bertz CT molecular complexity index is 1220. The number of anilines is 1. The number of nitrogens with one attached hydrogen (secondary N) is 1. The summed E-state index contributed by atoms with van der Waals surface area (Å²) in [5.74, 6) is 0. The van der Waals surface area contributed by atoms with Crippen LogP contribution in [0.1, 0.15) is 11.4 Å². The normalized spacial score (nSPS) is 13.5. The summed E-state index contributed by atoms with van der Waals surface area (Å²) in [6, 6.07) is 14.2. The zero-order valence-corrected chi connectivity index (χ0v) is 15.3. The van der Waals surface area contributed by atoms with E-state index in [2.05, 4.69) is 32.6 Å². The lowest BCUT2D eigenvalue weighted by Crippen LogP contribution is -2.34. The minimum atomic E-state index is 0.959. The molecule has 1 aliphatic heterocycles. The molecule has 0 amide bonds. The van der Waals surface area contributed by atoms with Gasteiger partial charge in [0.1, 0.15) is 0 Å². The topological polar surface area (TPSA) is 58.9 Å². The molecular weight excluding hydrogens is 348 g/mol. The second-order valence-corrected chi connectivity index (χ2v) is 6.56. The first-order chi connectivity index (χ1) is 13.8. The smallest absolute Gasteiger partial charge is 0.0918 e. The van der Waals surface area contributed by atoms with Crippen LogP contribution in [0.4, 0.5) is 5.69 Å². The molecule has 6 heteroatoms. The minimum absolute atomic E-state index is 0.959. The number of nitrogens with zero attached hydrogens (tertiary/aromatic N) is 5. The average Bonchev–Trinajstić information content (AvgIpc) is 3.23. The van der Waals surface area contributed by atoms with Crippen molar-refractivity contribution in [1.82, 2.24) is 25.2 Å². The third-order valence-corrected chi connectivity index (χ3v) is 4.70. The van der Waals surface area contributed by atoms with Crippen LogP contribution in [0.3, 0.4) is 0 Å². The molecule has 0 radical (unpaired) electrons. The van der Waals surface area contributed by atoms with E-state index in [1.165, 1.54) is 0 Å². The number of benzene rings is 1. The van der Waals surface area contributed by atoms with Gasteiger partial charge in [-0.3, -0.25) is 20.4 Å². The first kappa shape index (κ1) is 16.3. The minimum Gasteiger partial charge on any atom is -0.292 e. The number of rotatable bonds is 3. The van der Waals surface area contributed by atoms with Gasteiger partial charge in [0.2, 0.25) is 0 Å². The number of hydrazine groups is 1. The first-order valence-corrected chi connectivity index (χ1v) is 9.04. The Labute approximate surface area is 162 Å². The van der Waals surface area contributed by atoms with Crippen LogP contribution >= 0.6 is 0 Å². The van der Waals surface area contributed by atoms with Gasteiger partial charge in [-0.25, -0.2) is 4.68 Å². The van der Waals surface area contributed by atoms with E-state index in [9.17, 15) is 0 Å². The fraction of sp³-hybridized carbons (Fsp3) is 0.0455. The molecule has 0 aliphatic carbocycles. The van der Waals surface area contributed by atoms with E-state index >= 15 is 0 Å². The predicted octanol–water partition coefficient (Wildman–Crippen LogP) is 4.00. The second kappa shape index (κ2) is 6.66. The number of hydrogen-bond donors (Lipinski definition) is 1. The summed E-state index contributed by atoms with van der Waals surface area (Å²) < 4.78 is 1.95. The maximum atomic E-state index is 4.59. The van der Waals surface area contributed by atoms with Gasteiger partial charge in [0.25, 0.3) is 0 Å². The lowest BCUT2D eigenvalue weighted by molar-refractivity contribution is 0.830. The van der Waals surface area contributed by atoms with Crippen molar-refractivity contribution in [1.29, 1.82) is 0 Å². The number of aromatic nitrogens is 4. The van der Waals surface area contributed by atoms with Crippen molar-refractivity contribution in [3.05, 3.63) is 97.0 Å². The Morgan fingerprint density at radius 1 is 1.00 bits per heavy atom. The van der Waals surface area contributed by atoms with Crippen LogP contribution in [-0.2, 0) is 0 Å². The lowest BCUT2D eigenvalue weighted by Gasteiger charge is -2.27. The monoisotopic (exact) mass is 366 g/mol. The van der Waals surface area contributed by atoms with E-state index in [1.54, 1.807) is 0 Å². The van der Waals surface area contributed by atoms with Gasteiger partial charge in [0.15, 0.2) is 0 Å². The highest BCUT2D eigenvalue weighted by atomic mass is 15.5. The van der Waals surface area contributed by atoms with Crippen LogP contribution in [0.5, 0.6) is 0 Å². The molecular formula is C22H18N6. The molecule has 136 valence electrons. The fourth-order valence-corrected chi connectivity index (χ4v) is 3.39. The molecule has 0 saturated heterocycles. The number of allylic oxidation sites excluding steroid dienone is 2. The molecule has 5 rings (SSSR count). The predicted molar refractivity (Wildman–Crippen MR) is 111 cm³/mol. The van der Waals surface area contributed by atoms with Crippen LogP contribution in [0.25, 0.3) is 22.2 Å². The number of aryl methyl sites for hydroxylation is 1. The van der Waals surface area contributed by atoms with Crippen molar-refractivity contribution in [3.8, 4) is 5.69 Å². The van der Waals surface area contributed by atoms with E-state index in [0.29, 0.717) is 0 Å². The molecule has 0 unspecified atom stereocenters. The highest BCUT2D eigenvalue weighted by Crippen LogP contribution is 2.26. The largest absolute Gasteiger partial charge is 0.292 e. The summed E-state index contributed by atoms with van der Waals surface area (Å²) in [7, 11) is 0. The third kappa shape index (κ3) is 2.81. The number of hydrogen-bond acceptors (Lipinski definition) is 5. The Hall–Kier alpha value is -3.93. The standard InChI is InChI=1S/C22H18N6/c1-16-14-18(7-11-24-16)27-13-3-5-20(26-27)22-9-12-25-28(22)21-6-2-4-17-15-23-10-8-19(17)21/h2-15,26H,1H3. The maximum absolute atomic E-state index is 4.59. The Kier molecular flexibility index (Phi) is 3.87. The zero-order chi connectivity index (χ0) is 18.9. The number of fused-ring (bicyclic) bond motifs is 1. The molecule has 4 heterocycles. The summed E-state index contributed by atoms with van der Waals surface area (Å²) in [6.45, 7) is 1.98. The first-order valence-electron chi connectivity index (χ1n) is 9.04. The summed E-state index contributed by atoms with van der Waals surface area (Å²) in [5, 5.41) is 8.76. The van der Waals surface area contributed by atoms with Crippen LogP contribution in [-0.4, -0.2) is 19.7 Å². The van der Waals surface area contributed by atoms with Gasteiger partial charge in [0, 0.05) is 41.3 Å². The molecule has 1 aromatic carbocycles. The van der Waals surface area contributed by atoms with Crippen molar-refractivity contribution in [2.45, 2.75) is 6.92 Å². The third-order valence-electron chi connectivity index (χ3n) is 4.70. The highest BCUT2D eigenvalue weighted by molar-refractivity contribution is 5.89. The van der Waals surface area contributed by atoms with Gasteiger partial charge in [-0.05, 0) is 49.4 Å². The van der Waals surface area contributed by atoms with E-state index in [1.807, 2.05) is 90.1 Å². The summed E-state index contributed by atoms with van der Waals surface area (Å²) >= 11 is 0. The highest BCUT2D eigenvalue weighted by Gasteiger charge is 2.16. The van der Waals surface area contributed by atoms with Crippen LogP contribution in [0, 0.1) is 6.92 Å². The average molecular weight is 366 g/mol. The van der Waals surface area contributed by atoms with Crippen LogP contribution in [0.2, 0.25) is 0 Å². The lowest BCUT2D eigenvalue weighted by atomic mass is 10.1. The molecule has 6 nitrogen and oxygen atoms in total. The molecule has 1 N–H and O–H groups in total. The van der Waals surface area contributed by atoms with Gasteiger partial charge in [-0.2, -0.15) is 5.10 Å². The van der Waals surface area contributed by atoms with Gasteiger partial charge in [-0.15, -0.1) is 0 Å². The SMILES string of the molecule is Cc1cc(N2C=CC=C(c3ccnn3-c3cccc4cnccc34)N2)ccn1. The maximum Gasteiger partial charge on any atom is 0.0918 e. The molecule has 28 heavy (non-hydrogen) atoms.